The molecule has 0 N–H and O–H groups in total. The van der Waals surface area contributed by atoms with Crippen LogP contribution in [0.5, 0.6) is 0 Å². The number of hydrogen-bond donors (Lipinski definition) is 0. The van der Waals surface area contributed by atoms with Crippen LogP contribution in [0.2, 0.25) is 0 Å². The number of alkyl halides is 1. The van der Waals surface area contributed by atoms with Crippen LogP contribution < -0.4 is 0 Å². The van der Waals surface area contributed by atoms with E-state index in [0.29, 0.717) is 32.5 Å². The number of allylic oxidation sites excluding steroid dienone is 2. The molecule has 1 unspecified atom stereocenters. The normalized spacial score (nSPS) is 26.8. The van der Waals surface area contributed by atoms with E-state index in [4.69, 9.17) is 4.74 Å². The predicted octanol–water partition coefficient (Wildman–Crippen LogP) is 3.31. The Morgan fingerprint density at radius 3 is 3.10 bits per heavy atom. The van der Waals surface area contributed by atoms with Gasteiger partial charge in [-0.15, -0.1) is 0 Å². The smallest absolute Gasteiger partial charge is 0.115 e. The zero-order valence-corrected chi connectivity index (χ0v) is 12.1. The third-order valence-electron chi connectivity index (χ3n) is 4.94. The van der Waals surface area contributed by atoms with Crippen LogP contribution in [0.4, 0.5) is 4.39 Å². The van der Waals surface area contributed by atoms with E-state index >= 15 is 0 Å². The first-order valence-corrected chi connectivity index (χ1v) is 7.81. The Bertz CT molecular complexity index is 598. The maximum Gasteiger partial charge on any atom is 0.115 e. The molecular formula is C16H20FN3O. The molecular weight excluding hydrogens is 269 g/mol. The summed E-state index contributed by atoms with van der Waals surface area (Å²) >= 11 is 0. The van der Waals surface area contributed by atoms with Gasteiger partial charge in [-0.25, -0.2) is 9.37 Å². The number of rotatable bonds is 3. The van der Waals surface area contributed by atoms with E-state index in [1.54, 1.807) is 0 Å². The number of hydrogen-bond acceptors (Lipinski definition) is 3. The predicted molar refractivity (Wildman–Crippen MR) is 79.0 cm³/mol. The molecule has 4 rings (SSSR count). The van der Waals surface area contributed by atoms with Gasteiger partial charge in [0.1, 0.15) is 5.67 Å². The van der Waals surface area contributed by atoms with E-state index in [1.807, 2.05) is 18.7 Å². The quantitative estimate of drug-likeness (QED) is 0.856. The third kappa shape index (κ3) is 2.24. The molecule has 1 aromatic rings. The van der Waals surface area contributed by atoms with Crippen molar-refractivity contribution in [2.45, 2.75) is 50.2 Å². The Balaban J connectivity index is 1.55. The van der Waals surface area contributed by atoms with Crippen LogP contribution >= 0.6 is 0 Å². The number of fused-ring (bicyclic) bond motifs is 2. The summed E-state index contributed by atoms with van der Waals surface area (Å²) in [5.74, 6) is 0. The molecule has 1 fully saturated rings. The number of halogens is 1. The summed E-state index contributed by atoms with van der Waals surface area (Å²) in [6, 6.07) is 0.157. The lowest BCUT2D eigenvalue weighted by atomic mass is 9.88. The van der Waals surface area contributed by atoms with Gasteiger partial charge in [-0.05, 0) is 25.7 Å². The fourth-order valence-electron chi connectivity index (χ4n) is 3.70. The highest BCUT2D eigenvalue weighted by atomic mass is 19.1. The highest BCUT2D eigenvalue weighted by molar-refractivity contribution is 5.78. The Kier molecular flexibility index (Phi) is 3.17. The van der Waals surface area contributed by atoms with Gasteiger partial charge in [0.15, 0.2) is 0 Å². The molecule has 5 heteroatoms. The van der Waals surface area contributed by atoms with E-state index in [9.17, 15) is 4.39 Å². The standard InChI is InChI=1S/C16H20FN3O/c17-16(5-8-21-9-6-16)4-3-13-15-12(2-1-7-19-15)14-10-18-11-20(13)14/h7,10-11,13H,1-6,8-9H2. The van der Waals surface area contributed by atoms with Gasteiger partial charge < -0.3 is 9.30 Å². The molecule has 0 saturated carbocycles. The second-order valence-corrected chi connectivity index (χ2v) is 6.22. The Labute approximate surface area is 123 Å². The Hall–Kier alpha value is -1.49. The van der Waals surface area contributed by atoms with Gasteiger partial charge in [-0.1, -0.05) is 0 Å². The second-order valence-electron chi connectivity index (χ2n) is 6.22. The van der Waals surface area contributed by atoms with Crippen molar-refractivity contribution in [2.24, 2.45) is 4.99 Å². The molecule has 3 aliphatic rings. The average Bonchev–Trinajstić information content (AvgIpc) is 3.07. The van der Waals surface area contributed by atoms with Crippen LogP contribution in [0.25, 0.3) is 5.57 Å². The third-order valence-corrected chi connectivity index (χ3v) is 4.94. The first-order valence-electron chi connectivity index (χ1n) is 7.81. The molecule has 4 nitrogen and oxygen atoms in total. The molecule has 4 heterocycles. The zero-order valence-electron chi connectivity index (χ0n) is 12.1. The van der Waals surface area contributed by atoms with E-state index < -0.39 is 5.67 Å². The Morgan fingerprint density at radius 2 is 2.24 bits per heavy atom. The van der Waals surface area contributed by atoms with Gasteiger partial charge in [0.05, 0.1) is 30.0 Å². The summed E-state index contributed by atoms with van der Waals surface area (Å²) in [7, 11) is 0. The van der Waals surface area contributed by atoms with E-state index in [0.717, 1.165) is 25.0 Å². The summed E-state index contributed by atoms with van der Waals surface area (Å²) in [5.41, 5.74) is 2.54. The van der Waals surface area contributed by atoms with Crippen LogP contribution in [-0.2, 0) is 4.74 Å². The minimum atomic E-state index is -1.07. The number of aliphatic imine (C=N–C) groups is 1. The lowest BCUT2D eigenvalue weighted by Gasteiger charge is -2.30. The zero-order chi connectivity index (χ0) is 14.3. The highest BCUT2D eigenvalue weighted by Crippen LogP contribution is 2.44. The maximum atomic E-state index is 14.8. The molecule has 0 radical (unpaired) electrons. The molecule has 1 aromatic heterocycles. The fourth-order valence-corrected chi connectivity index (χ4v) is 3.70. The monoisotopic (exact) mass is 289 g/mol. The highest BCUT2D eigenvalue weighted by Gasteiger charge is 2.37. The minimum absolute atomic E-state index is 0.157. The van der Waals surface area contributed by atoms with Gasteiger partial charge >= 0.3 is 0 Å². The minimum Gasteiger partial charge on any atom is -0.381 e. The van der Waals surface area contributed by atoms with Crippen LogP contribution in [0.3, 0.4) is 0 Å². The van der Waals surface area contributed by atoms with Crippen molar-refractivity contribution in [1.29, 1.82) is 0 Å². The van der Waals surface area contributed by atoms with Crippen molar-refractivity contribution >= 4 is 11.8 Å². The Morgan fingerprint density at radius 1 is 1.38 bits per heavy atom. The van der Waals surface area contributed by atoms with Crippen LogP contribution in [0, 0.1) is 0 Å². The largest absolute Gasteiger partial charge is 0.381 e. The molecule has 3 aliphatic heterocycles. The molecule has 0 amide bonds. The van der Waals surface area contributed by atoms with Crippen molar-refractivity contribution in [3.63, 3.8) is 0 Å². The van der Waals surface area contributed by atoms with Crippen LogP contribution in [0.15, 0.2) is 23.2 Å². The number of imidazole rings is 1. The topological polar surface area (TPSA) is 39.4 Å². The summed E-state index contributed by atoms with van der Waals surface area (Å²) in [6.07, 6.45) is 10.2. The first kappa shape index (κ1) is 13.2. The molecule has 0 aromatic carbocycles. The number of aromatic nitrogens is 2. The maximum absolute atomic E-state index is 14.8. The van der Waals surface area contributed by atoms with Gasteiger partial charge in [-0.3, -0.25) is 4.99 Å². The van der Waals surface area contributed by atoms with E-state index in [-0.39, 0.29) is 6.04 Å². The lowest BCUT2D eigenvalue weighted by molar-refractivity contribution is -0.0152. The van der Waals surface area contributed by atoms with Gasteiger partial charge in [0.25, 0.3) is 0 Å². The van der Waals surface area contributed by atoms with Crippen molar-refractivity contribution in [1.82, 2.24) is 9.55 Å². The number of ether oxygens (including phenoxy) is 1. The average molecular weight is 289 g/mol. The lowest BCUT2D eigenvalue weighted by Crippen LogP contribution is -2.32. The van der Waals surface area contributed by atoms with E-state index in [2.05, 4.69) is 14.5 Å². The van der Waals surface area contributed by atoms with Crippen LogP contribution in [0.1, 0.15) is 50.3 Å². The van der Waals surface area contributed by atoms with Crippen LogP contribution in [-0.4, -0.2) is 34.6 Å². The van der Waals surface area contributed by atoms with Crippen molar-refractivity contribution in [3.05, 3.63) is 23.9 Å². The molecule has 21 heavy (non-hydrogen) atoms. The summed E-state index contributed by atoms with van der Waals surface area (Å²) in [5, 5.41) is 0. The molecule has 112 valence electrons. The first-order chi connectivity index (χ1) is 10.3. The number of nitrogens with zero attached hydrogens (tertiary/aromatic N) is 3. The molecule has 0 spiro atoms. The summed E-state index contributed by atoms with van der Waals surface area (Å²) < 4.78 is 22.2. The van der Waals surface area contributed by atoms with Crippen molar-refractivity contribution in [2.75, 3.05) is 13.2 Å². The van der Waals surface area contributed by atoms with Gasteiger partial charge in [0.2, 0.25) is 0 Å². The second kappa shape index (κ2) is 5.05. The summed E-state index contributed by atoms with van der Waals surface area (Å²) in [6.45, 7) is 1.09. The SMILES string of the molecule is FC1(CCC2C3=C(CCC=N3)c3cncn32)CCOCC1. The molecule has 0 aliphatic carbocycles. The summed E-state index contributed by atoms with van der Waals surface area (Å²) in [4.78, 5) is 8.87. The van der Waals surface area contributed by atoms with Gasteiger partial charge in [0, 0.05) is 37.8 Å². The molecule has 0 bridgehead atoms. The molecule has 1 atom stereocenters. The van der Waals surface area contributed by atoms with E-state index in [1.165, 1.54) is 11.3 Å². The van der Waals surface area contributed by atoms with Crippen molar-refractivity contribution < 1.29 is 9.13 Å². The van der Waals surface area contributed by atoms with Crippen molar-refractivity contribution in [3.8, 4) is 0 Å². The molecule has 1 saturated heterocycles. The fraction of sp³-hybridized carbons (Fsp3) is 0.625. The van der Waals surface area contributed by atoms with Gasteiger partial charge in [-0.2, -0.15) is 0 Å².